The fourth-order valence-electron chi connectivity index (χ4n) is 1.90. The number of halogens is 1. The lowest BCUT2D eigenvalue weighted by Crippen LogP contribution is -2.35. The Hall–Kier alpha value is -3.22. The molecule has 2 aromatic rings. The second kappa shape index (κ2) is 8.58. The third kappa shape index (κ3) is 6.06. The Bertz CT molecular complexity index is 758. The zero-order valence-corrected chi connectivity index (χ0v) is 13.5. The van der Waals surface area contributed by atoms with E-state index in [2.05, 4.69) is 10.6 Å². The summed E-state index contributed by atoms with van der Waals surface area (Å²) < 4.78 is 18.0. The summed E-state index contributed by atoms with van der Waals surface area (Å²) in [6.45, 7) is 0.965. The molecule has 0 aliphatic rings. The van der Waals surface area contributed by atoms with Gasteiger partial charge in [0.25, 0.3) is 5.91 Å². The first-order valence-electron chi connectivity index (χ1n) is 7.50. The number of carbonyl (C=O) groups excluding carboxylic acids is 3. The van der Waals surface area contributed by atoms with E-state index >= 15 is 0 Å². The van der Waals surface area contributed by atoms with Crippen LogP contribution in [0.3, 0.4) is 0 Å². The highest BCUT2D eigenvalue weighted by Crippen LogP contribution is 2.12. The molecule has 2 aromatic carbocycles. The van der Waals surface area contributed by atoms with Gasteiger partial charge in [-0.1, -0.05) is 0 Å². The normalized spacial score (nSPS) is 10.0. The average molecular weight is 344 g/mol. The first-order chi connectivity index (χ1) is 11.9. The Balaban J connectivity index is 1.72. The van der Waals surface area contributed by atoms with Crippen molar-refractivity contribution in [3.8, 4) is 5.75 Å². The summed E-state index contributed by atoms with van der Waals surface area (Å²) in [6, 6.07) is 11.7. The lowest BCUT2D eigenvalue weighted by atomic mass is 10.1. The first kappa shape index (κ1) is 18.1. The van der Waals surface area contributed by atoms with E-state index in [0.29, 0.717) is 17.0 Å². The molecule has 2 amide bonds. The number of rotatable bonds is 7. The minimum Gasteiger partial charge on any atom is -0.484 e. The molecule has 0 aromatic heterocycles. The number of ether oxygens (including phenoxy) is 1. The molecule has 0 saturated heterocycles. The van der Waals surface area contributed by atoms with Crippen molar-refractivity contribution in [3.63, 3.8) is 0 Å². The predicted octanol–water partition coefficient (Wildman–Crippen LogP) is 2.16. The smallest absolute Gasteiger partial charge is 0.258 e. The molecular weight excluding hydrogens is 327 g/mol. The molecule has 0 radical (unpaired) electrons. The number of hydrogen-bond donors (Lipinski definition) is 2. The standard InChI is InChI=1S/C18H17FN2O4/c1-12(22)13-2-8-16(9-3-13)25-11-18(24)20-10-17(23)21-15-6-4-14(19)5-7-15/h2-9H,10-11H2,1H3,(H,20,24)(H,21,23). The van der Waals surface area contributed by atoms with Crippen LogP contribution in [-0.2, 0) is 9.59 Å². The zero-order valence-electron chi connectivity index (χ0n) is 13.5. The zero-order chi connectivity index (χ0) is 18.2. The number of Topliss-reactive ketones (excluding diaryl/α,β-unsaturated/α-hetero) is 1. The number of amides is 2. The molecule has 2 N–H and O–H groups in total. The Morgan fingerprint density at radius 1 is 0.960 bits per heavy atom. The maximum absolute atomic E-state index is 12.8. The van der Waals surface area contributed by atoms with E-state index in [1.54, 1.807) is 24.3 Å². The number of hydrogen-bond acceptors (Lipinski definition) is 4. The van der Waals surface area contributed by atoms with Gasteiger partial charge in [-0.15, -0.1) is 0 Å². The molecule has 0 fully saturated rings. The highest BCUT2D eigenvalue weighted by molar-refractivity contribution is 5.95. The summed E-state index contributed by atoms with van der Waals surface area (Å²) in [7, 11) is 0. The molecule has 0 bridgehead atoms. The van der Waals surface area contributed by atoms with Gasteiger partial charge in [0.2, 0.25) is 5.91 Å². The molecule has 2 rings (SSSR count). The summed E-state index contributed by atoms with van der Waals surface area (Å²) in [4.78, 5) is 34.5. The molecule has 0 unspecified atom stereocenters. The Kier molecular flexibility index (Phi) is 6.22. The molecule has 0 atom stereocenters. The third-order valence-electron chi connectivity index (χ3n) is 3.20. The number of ketones is 1. The van der Waals surface area contributed by atoms with Crippen molar-refractivity contribution in [2.75, 3.05) is 18.5 Å². The summed E-state index contributed by atoms with van der Waals surface area (Å²) >= 11 is 0. The van der Waals surface area contributed by atoms with E-state index in [1.165, 1.54) is 31.2 Å². The maximum atomic E-state index is 12.8. The molecule has 0 saturated carbocycles. The molecule has 130 valence electrons. The molecular formula is C18H17FN2O4. The van der Waals surface area contributed by atoms with Gasteiger partial charge in [-0.25, -0.2) is 4.39 Å². The van der Waals surface area contributed by atoms with Crippen molar-refractivity contribution >= 4 is 23.3 Å². The van der Waals surface area contributed by atoms with Crippen molar-refractivity contribution in [1.82, 2.24) is 5.32 Å². The Morgan fingerprint density at radius 2 is 1.60 bits per heavy atom. The second-order valence-corrected chi connectivity index (χ2v) is 5.20. The van der Waals surface area contributed by atoms with Gasteiger partial charge in [-0.05, 0) is 55.5 Å². The number of anilines is 1. The maximum Gasteiger partial charge on any atom is 0.258 e. The van der Waals surface area contributed by atoms with Gasteiger partial charge in [0.1, 0.15) is 11.6 Å². The highest BCUT2D eigenvalue weighted by atomic mass is 19.1. The van der Waals surface area contributed by atoms with Crippen LogP contribution >= 0.6 is 0 Å². The van der Waals surface area contributed by atoms with E-state index in [4.69, 9.17) is 4.74 Å². The molecule has 0 heterocycles. The molecule has 6 nitrogen and oxygen atoms in total. The predicted molar refractivity (Wildman–Crippen MR) is 90.0 cm³/mol. The van der Waals surface area contributed by atoms with Crippen LogP contribution in [0.1, 0.15) is 17.3 Å². The van der Waals surface area contributed by atoms with Crippen molar-refractivity contribution in [3.05, 3.63) is 59.9 Å². The molecule has 0 spiro atoms. The van der Waals surface area contributed by atoms with Gasteiger partial charge in [-0.3, -0.25) is 14.4 Å². The van der Waals surface area contributed by atoms with Crippen LogP contribution in [0.5, 0.6) is 5.75 Å². The highest BCUT2D eigenvalue weighted by Gasteiger charge is 2.07. The van der Waals surface area contributed by atoms with Crippen LogP contribution in [0, 0.1) is 5.82 Å². The van der Waals surface area contributed by atoms with E-state index in [-0.39, 0.29) is 18.9 Å². The Labute approximate surface area is 144 Å². The number of carbonyl (C=O) groups is 3. The molecule has 0 aliphatic heterocycles. The summed E-state index contributed by atoms with van der Waals surface area (Å²) in [5, 5.41) is 4.93. The van der Waals surface area contributed by atoms with Crippen molar-refractivity contribution in [2.45, 2.75) is 6.92 Å². The average Bonchev–Trinajstić information content (AvgIpc) is 2.60. The molecule has 0 aliphatic carbocycles. The number of nitrogens with one attached hydrogen (secondary N) is 2. The van der Waals surface area contributed by atoms with E-state index < -0.39 is 17.6 Å². The number of benzene rings is 2. The van der Waals surface area contributed by atoms with Crippen LogP contribution in [0.25, 0.3) is 0 Å². The lowest BCUT2D eigenvalue weighted by Gasteiger charge is -2.08. The van der Waals surface area contributed by atoms with Crippen LogP contribution in [0.2, 0.25) is 0 Å². The van der Waals surface area contributed by atoms with Crippen LogP contribution < -0.4 is 15.4 Å². The van der Waals surface area contributed by atoms with Gasteiger partial charge in [-0.2, -0.15) is 0 Å². The van der Waals surface area contributed by atoms with Crippen molar-refractivity contribution < 1.29 is 23.5 Å². The molecule has 25 heavy (non-hydrogen) atoms. The van der Waals surface area contributed by atoms with Gasteiger partial charge in [0.15, 0.2) is 12.4 Å². The lowest BCUT2D eigenvalue weighted by molar-refractivity contribution is -0.125. The summed E-state index contributed by atoms with van der Waals surface area (Å²) in [5.74, 6) is -0.928. The Morgan fingerprint density at radius 3 is 2.20 bits per heavy atom. The van der Waals surface area contributed by atoms with E-state index in [9.17, 15) is 18.8 Å². The van der Waals surface area contributed by atoms with Crippen LogP contribution in [0.4, 0.5) is 10.1 Å². The van der Waals surface area contributed by atoms with Gasteiger partial charge in [0.05, 0.1) is 6.54 Å². The van der Waals surface area contributed by atoms with Crippen molar-refractivity contribution in [2.24, 2.45) is 0 Å². The minimum atomic E-state index is -0.468. The third-order valence-corrected chi connectivity index (χ3v) is 3.20. The van der Waals surface area contributed by atoms with E-state index in [1.807, 2.05) is 0 Å². The summed E-state index contributed by atoms with van der Waals surface area (Å²) in [5.41, 5.74) is 0.983. The van der Waals surface area contributed by atoms with Gasteiger partial charge >= 0.3 is 0 Å². The van der Waals surface area contributed by atoms with E-state index in [0.717, 1.165) is 0 Å². The minimum absolute atomic E-state index is 0.0588. The monoisotopic (exact) mass is 344 g/mol. The SMILES string of the molecule is CC(=O)c1ccc(OCC(=O)NCC(=O)Nc2ccc(F)cc2)cc1. The van der Waals surface area contributed by atoms with Gasteiger partial charge in [0, 0.05) is 11.3 Å². The van der Waals surface area contributed by atoms with Crippen molar-refractivity contribution in [1.29, 1.82) is 0 Å². The largest absolute Gasteiger partial charge is 0.484 e. The van der Waals surface area contributed by atoms with Gasteiger partial charge < -0.3 is 15.4 Å². The quantitative estimate of drug-likeness (QED) is 0.754. The fraction of sp³-hybridized carbons (Fsp3) is 0.167. The van der Waals surface area contributed by atoms with Crippen LogP contribution in [0.15, 0.2) is 48.5 Å². The fourth-order valence-corrected chi connectivity index (χ4v) is 1.90. The van der Waals surface area contributed by atoms with Crippen LogP contribution in [-0.4, -0.2) is 30.7 Å². The topological polar surface area (TPSA) is 84.5 Å². The summed E-state index contributed by atoms with van der Waals surface area (Å²) in [6.07, 6.45) is 0. The first-order valence-corrected chi connectivity index (χ1v) is 7.50. The second-order valence-electron chi connectivity index (χ2n) is 5.20. The molecule has 7 heteroatoms.